The highest BCUT2D eigenvalue weighted by Crippen LogP contribution is 2.72. The third-order valence-electron chi connectivity index (χ3n) is 12.8. The fraction of sp³-hybridized carbons (Fsp3) is 0.903. The lowest BCUT2D eigenvalue weighted by Gasteiger charge is -2.68. The summed E-state index contributed by atoms with van der Waals surface area (Å²) in [5.74, 6) is 4.56. The van der Waals surface area contributed by atoms with Crippen molar-refractivity contribution in [1.29, 1.82) is 0 Å². The molecule has 2 heteroatoms. The third kappa shape index (κ3) is 3.27. The number of hydrogen-bond acceptors (Lipinski definition) is 2. The molecule has 0 radical (unpaired) electrons. The van der Waals surface area contributed by atoms with E-state index >= 15 is 0 Å². The first-order valence-corrected chi connectivity index (χ1v) is 14.2. The third-order valence-corrected chi connectivity index (χ3v) is 12.8. The van der Waals surface area contributed by atoms with Gasteiger partial charge in [-0.25, -0.2) is 0 Å². The lowest BCUT2D eigenvalue weighted by molar-refractivity contribution is -0.200. The lowest BCUT2D eigenvalue weighted by Crippen LogP contribution is -2.62. The van der Waals surface area contributed by atoms with E-state index in [2.05, 4.69) is 54.5 Å². The second-order valence-electron chi connectivity index (χ2n) is 14.7. The van der Waals surface area contributed by atoms with Gasteiger partial charge in [-0.15, -0.1) is 0 Å². The van der Waals surface area contributed by atoms with Crippen LogP contribution in [0.25, 0.3) is 0 Å². The lowest BCUT2D eigenvalue weighted by atomic mass is 9.37. The van der Waals surface area contributed by atoms with Gasteiger partial charge in [0.15, 0.2) is 0 Å². The average Bonchev–Trinajstić information content (AvgIpc) is 2.72. The summed E-state index contributed by atoms with van der Waals surface area (Å²) in [6.07, 6.45) is 14.7. The number of carbonyl (C=O) groups is 1. The van der Waals surface area contributed by atoms with Gasteiger partial charge in [-0.05, 0) is 110 Å². The van der Waals surface area contributed by atoms with Crippen LogP contribution in [0.4, 0.5) is 0 Å². The maximum atomic E-state index is 11.8. The zero-order chi connectivity index (χ0) is 24.0. The van der Waals surface area contributed by atoms with Crippen LogP contribution in [0, 0.1) is 57.2 Å². The maximum Gasteiger partial charge on any atom is 0.302 e. The fourth-order valence-corrected chi connectivity index (χ4v) is 10.9. The SMILES string of the molecule is CC(=O)OC1CCC2(C)C(CCC3(C)C4CCC5(C)CCC(C)C(C)C5C4=CCC32)C1(C)C. The van der Waals surface area contributed by atoms with Crippen LogP contribution in [-0.2, 0) is 9.53 Å². The molecule has 0 aromatic rings. The van der Waals surface area contributed by atoms with Crippen molar-refractivity contribution in [2.45, 2.75) is 119 Å². The zero-order valence-corrected chi connectivity index (χ0v) is 22.8. The second-order valence-corrected chi connectivity index (χ2v) is 14.7. The first kappa shape index (κ1) is 23.9. The molecule has 5 aliphatic rings. The maximum absolute atomic E-state index is 11.8. The topological polar surface area (TPSA) is 26.3 Å². The predicted octanol–water partition coefficient (Wildman–Crippen LogP) is 8.21. The van der Waals surface area contributed by atoms with Gasteiger partial charge in [0, 0.05) is 12.3 Å². The van der Waals surface area contributed by atoms with Gasteiger partial charge in [0.1, 0.15) is 6.10 Å². The van der Waals surface area contributed by atoms with E-state index < -0.39 is 0 Å². The molecule has 10 atom stereocenters. The minimum atomic E-state index is -0.108. The molecular weight excluding hydrogens is 404 g/mol. The van der Waals surface area contributed by atoms with Gasteiger partial charge in [0.25, 0.3) is 0 Å². The fourth-order valence-electron chi connectivity index (χ4n) is 10.9. The summed E-state index contributed by atoms with van der Waals surface area (Å²) in [6.45, 7) is 19.4. The minimum Gasteiger partial charge on any atom is -0.462 e. The Bertz CT molecular complexity index is 840. The highest BCUT2D eigenvalue weighted by molar-refractivity contribution is 5.66. The van der Waals surface area contributed by atoms with E-state index in [4.69, 9.17) is 4.74 Å². The molecule has 0 aromatic carbocycles. The van der Waals surface area contributed by atoms with Crippen molar-refractivity contribution in [3.05, 3.63) is 11.6 Å². The highest BCUT2D eigenvalue weighted by Gasteiger charge is 2.65. The van der Waals surface area contributed by atoms with E-state index in [1.165, 1.54) is 51.4 Å². The number of hydrogen-bond donors (Lipinski definition) is 0. The predicted molar refractivity (Wildman–Crippen MR) is 136 cm³/mol. The first-order chi connectivity index (χ1) is 15.3. The standard InChI is InChI=1S/C31H50O2/c1-19-11-15-29(6)16-12-23-22(27(29)20(19)2)9-10-25-30(23,7)17-13-24-28(4,5)26(33-21(3)32)14-18-31(24,25)8/h9,19-20,23-27H,10-18H2,1-8H3. The summed E-state index contributed by atoms with van der Waals surface area (Å²) in [4.78, 5) is 11.8. The van der Waals surface area contributed by atoms with Gasteiger partial charge in [-0.2, -0.15) is 0 Å². The summed E-state index contributed by atoms with van der Waals surface area (Å²) in [5, 5.41) is 0. The number of allylic oxidation sites excluding steroid dienone is 2. The Hall–Kier alpha value is -0.790. The average molecular weight is 455 g/mol. The Morgan fingerprint density at radius 1 is 0.879 bits per heavy atom. The number of carbonyl (C=O) groups excluding carboxylic acids is 1. The summed E-state index contributed by atoms with van der Waals surface area (Å²) in [7, 11) is 0. The van der Waals surface area contributed by atoms with Gasteiger partial charge in [-0.3, -0.25) is 4.79 Å². The first-order valence-electron chi connectivity index (χ1n) is 14.2. The monoisotopic (exact) mass is 454 g/mol. The van der Waals surface area contributed by atoms with Crippen molar-refractivity contribution in [1.82, 2.24) is 0 Å². The van der Waals surface area contributed by atoms with Gasteiger partial charge in [-0.1, -0.05) is 60.1 Å². The summed E-state index contributed by atoms with van der Waals surface area (Å²) in [5.41, 5.74) is 3.25. The van der Waals surface area contributed by atoms with Crippen LogP contribution in [0.3, 0.4) is 0 Å². The van der Waals surface area contributed by atoms with Crippen LogP contribution in [0.2, 0.25) is 0 Å². The molecule has 0 spiro atoms. The molecule has 0 N–H and O–H groups in total. The normalized spacial score (nSPS) is 53.0. The van der Waals surface area contributed by atoms with Gasteiger partial charge in [0.2, 0.25) is 0 Å². The Balaban J connectivity index is 1.50. The van der Waals surface area contributed by atoms with Crippen molar-refractivity contribution < 1.29 is 9.53 Å². The second kappa shape index (κ2) is 7.60. The Kier molecular flexibility index (Phi) is 5.51. The Morgan fingerprint density at radius 2 is 1.55 bits per heavy atom. The van der Waals surface area contributed by atoms with Crippen molar-refractivity contribution in [3.63, 3.8) is 0 Å². The summed E-state index contributed by atoms with van der Waals surface area (Å²) < 4.78 is 5.89. The van der Waals surface area contributed by atoms with Crippen LogP contribution in [0.1, 0.15) is 113 Å². The van der Waals surface area contributed by atoms with Crippen molar-refractivity contribution >= 4 is 5.97 Å². The van der Waals surface area contributed by atoms with E-state index in [-0.39, 0.29) is 17.5 Å². The number of rotatable bonds is 1. The largest absolute Gasteiger partial charge is 0.462 e. The smallest absolute Gasteiger partial charge is 0.302 e. The van der Waals surface area contributed by atoms with Crippen molar-refractivity contribution in [3.8, 4) is 0 Å². The number of fused-ring (bicyclic) bond motifs is 7. The molecule has 5 aliphatic carbocycles. The van der Waals surface area contributed by atoms with Crippen molar-refractivity contribution in [2.24, 2.45) is 57.2 Å². The molecule has 0 heterocycles. The molecule has 0 amide bonds. The number of ether oxygens (including phenoxy) is 1. The van der Waals surface area contributed by atoms with Gasteiger partial charge in [0.05, 0.1) is 0 Å². The van der Waals surface area contributed by atoms with Gasteiger partial charge < -0.3 is 4.74 Å². The molecule has 0 bridgehead atoms. The Morgan fingerprint density at radius 3 is 2.24 bits per heavy atom. The van der Waals surface area contributed by atoms with Crippen LogP contribution < -0.4 is 0 Å². The molecule has 10 unspecified atom stereocenters. The molecule has 2 nitrogen and oxygen atoms in total. The van der Waals surface area contributed by atoms with Crippen LogP contribution in [0.15, 0.2) is 11.6 Å². The van der Waals surface area contributed by atoms with Gasteiger partial charge >= 0.3 is 5.97 Å². The summed E-state index contributed by atoms with van der Waals surface area (Å²) in [6, 6.07) is 0. The van der Waals surface area contributed by atoms with Crippen LogP contribution >= 0.6 is 0 Å². The number of esters is 1. The Labute approximate surface area is 203 Å². The molecule has 4 fully saturated rings. The van der Waals surface area contributed by atoms with E-state index in [1.807, 2.05) is 5.57 Å². The van der Waals surface area contributed by atoms with E-state index in [0.717, 1.165) is 36.0 Å². The molecule has 186 valence electrons. The molecular formula is C31H50O2. The molecule has 0 aromatic heterocycles. The quantitative estimate of drug-likeness (QED) is 0.295. The van der Waals surface area contributed by atoms with Crippen LogP contribution in [-0.4, -0.2) is 12.1 Å². The molecule has 4 saturated carbocycles. The van der Waals surface area contributed by atoms with Crippen molar-refractivity contribution in [2.75, 3.05) is 0 Å². The van der Waals surface area contributed by atoms with Crippen LogP contribution in [0.5, 0.6) is 0 Å². The zero-order valence-electron chi connectivity index (χ0n) is 22.8. The molecule has 33 heavy (non-hydrogen) atoms. The van der Waals surface area contributed by atoms with E-state index in [0.29, 0.717) is 22.2 Å². The summed E-state index contributed by atoms with van der Waals surface area (Å²) >= 11 is 0. The molecule has 0 saturated heterocycles. The van der Waals surface area contributed by atoms with E-state index in [9.17, 15) is 4.79 Å². The highest BCUT2D eigenvalue weighted by atomic mass is 16.5. The molecule has 5 rings (SSSR count). The minimum absolute atomic E-state index is 0.0580. The van der Waals surface area contributed by atoms with E-state index in [1.54, 1.807) is 6.92 Å². The molecule has 0 aliphatic heterocycles.